The van der Waals surface area contributed by atoms with Crippen molar-refractivity contribution in [3.05, 3.63) is 285 Å². The Balaban J connectivity index is 0.000000169. The quantitative estimate of drug-likeness (QED) is 0.0693. The number of aliphatic hydroxyl groups is 3. The van der Waals surface area contributed by atoms with Gasteiger partial charge >= 0.3 is 0 Å². The van der Waals surface area contributed by atoms with E-state index in [1.54, 1.807) is 34.0 Å². The number of carbonyl (C=O) groups is 3. The van der Waals surface area contributed by atoms with E-state index in [1.165, 1.54) is 150 Å². The average molecular weight is 2210 g/mol. The molecule has 0 spiro atoms. The van der Waals surface area contributed by atoms with Gasteiger partial charge in [-0.2, -0.15) is 0 Å². The maximum absolute atomic E-state index is 10.0. The fourth-order valence-electron chi connectivity index (χ4n) is 14.6. The molecule has 0 saturated carbocycles. The molecule has 18 aromatic rings. The molecule has 0 aliphatic carbocycles. The van der Waals surface area contributed by atoms with Gasteiger partial charge in [0.25, 0.3) is 0 Å². The number of furan rings is 3. The van der Waals surface area contributed by atoms with Crippen LogP contribution in [0.3, 0.4) is 0 Å². The Labute approximate surface area is 761 Å². The first-order valence-corrected chi connectivity index (χ1v) is 41.3. The summed E-state index contributed by atoms with van der Waals surface area (Å²) >= 11 is 5.36. The SMILES string of the molecule is CC(=O)C=C(C)O.CC(=O)C=C(C)O.CC(=O)C=C(C)O.Cc1cc(C)c(-c2cc3nc(-c4[c-]ccc5c4oc4nc(C)ccc45)ccc3s2)c(C)c1.Cc1cc(C)cc(-c2cc3nc(-c4[c-]ccc5c4oc4nc(C)ccc45)ccc3s2)c1.Cc1ccc2c(n1)oc1c(-c3ccc4sc(-c5c(C)cc(C(C)(C)C)cc5C)cc4n3)[c-]ccc12.[Ir].[Ir].[Ir]. The van der Waals surface area contributed by atoms with E-state index < -0.39 is 0 Å². The number of thiophene rings is 3. The molecule has 12 heterocycles. The molecule has 3 radical (unpaired) electrons. The molecule has 15 nitrogen and oxygen atoms in total. The number of benzene rings is 6. The molecule has 0 amide bonds. The first-order valence-electron chi connectivity index (χ1n) is 38.9. The summed E-state index contributed by atoms with van der Waals surface area (Å²) in [6.07, 6.45) is 3.50. The first-order chi connectivity index (χ1) is 56.6. The van der Waals surface area contributed by atoms with Crippen LogP contribution >= 0.6 is 34.0 Å². The second-order valence-electron chi connectivity index (χ2n) is 31.2. The molecule has 0 fully saturated rings. The molecule has 21 heteroatoms. The van der Waals surface area contributed by atoms with E-state index in [4.69, 9.17) is 43.5 Å². The Kier molecular flexibility index (Phi) is 30.2. The van der Waals surface area contributed by atoms with Gasteiger partial charge in [-0.3, -0.25) is 29.3 Å². The number of hydrogen-bond acceptors (Lipinski definition) is 18. The van der Waals surface area contributed by atoms with E-state index in [2.05, 4.69) is 218 Å². The number of hydrogen-bond donors (Lipinski definition) is 3. The number of fused-ring (bicyclic) bond motifs is 12. The van der Waals surface area contributed by atoms with Crippen LogP contribution in [-0.2, 0) is 80.1 Å². The molecule has 6 aromatic carbocycles. The van der Waals surface area contributed by atoms with Crippen molar-refractivity contribution in [2.45, 2.75) is 137 Å². The fraction of sp³-hybridized carbons (Fsp3) is 0.198. The second-order valence-corrected chi connectivity index (χ2v) is 34.4. The zero-order chi connectivity index (χ0) is 85.2. The summed E-state index contributed by atoms with van der Waals surface area (Å²) < 4.78 is 22.0. The third-order valence-corrected chi connectivity index (χ3v) is 22.9. The molecule has 0 unspecified atom stereocenters. The number of rotatable bonds is 9. The Hall–Kier alpha value is -10.9. The first kappa shape index (κ1) is 93.3. The van der Waals surface area contributed by atoms with Crippen LogP contribution in [0.25, 0.3) is 162 Å². The molecule has 0 aliphatic heterocycles. The van der Waals surface area contributed by atoms with Crippen molar-refractivity contribution < 1.29 is 103 Å². The van der Waals surface area contributed by atoms with E-state index in [1.807, 2.05) is 75.4 Å². The topological polar surface area (TPSA) is 229 Å². The van der Waals surface area contributed by atoms with E-state index in [0.29, 0.717) is 17.1 Å². The van der Waals surface area contributed by atoms with Gasteiger partial charge < -0.3 is 28.6 Å². The predicted octanol–water partition coefficient (Wildman–Crippen LogP) is 27.7. The summed E-state index contributed by atoms with van der Waals surface area (Å²) in [6, 6.07) is 69.3. The van der Waals surface area contributed by atoms with Gasteiger partial charge in [0, 0.05) is 126 Å². The number of pyridine rings is 6. The molecule has 0 saturated heterocycles. The summed E-state index contributed by atoms with van der Waals surface area (Å²) in [5.41, 5.74) is 29.8. The smallest absolute Gasteiger partial charge is 0.216 e. The van der Waals surface area contributed by atoms with E-state index in [0.717, 1.165) is 116 Å². The number of aromatic nitrogens is 6. The van der Waals surface area contributed by atoms with Crippen LogP contribution in [0.2, 0.25) is 0 Å². The molecular weight excluding hydrogens is 2110 g/mol. The van der Waals surface area contributed by atoms with Crippen molar-refractivity contribution >= 4 is 148 Å². The maximum Gasteiger partial charge on any atom is 0.216 e. The molecule has 0 atom stereocenters. The minimum atomic E-state index is -0.125. The Morgan fingerprint density at radius 1 is 0.352 bits per heavy atom. The van der Waals surface area contributed by atoms with Crippen LogP contribution in [0.15, 0.2) is 219 Å². The molecule has 12 aromatic heterocycles. The number of aryl methyl sites for hydroxylation is 10. The number of allylic oxidation sites excluding steroid dienone is 6. The Bertz CT molecular complexity index is 6990. The maximum atomic E-state index is 10.0. The summed E-state index contributed by atoms with van der Waals surface area (Å²) in [4.78, 5) is 62.5. The van der Waals surface area contributed by atoms with Crippen molar-refractivity contribution in [1.29, 1.82) is 0 Å². The van der Waals surface area contributed by atoms with Crippen LogP contribution in [0, 0.1) is 87.4 Å². The van der Waals surface area contributed by atoms with Gasteiger partial charge in [0.05, 0.1) is 64.7 Å². The zero-order valence-electron chi connectivity index (χ0n) is 71.1. The summed E-state index contributed by atoms with van der Waals surface area (Å²) in [7, 11) is 0. The fourth-order valence-corrected chi connectivity index (χ4v) is 18.0. The minimum absolute atomic E-state index is 0. The van der Waals surface area contributed by atoms with Crippen LogP contribution in [0.1, 0.15) is 124 Å². The molecular formula is C101H91Ir3N6O9S3-3. The van der Waals surface area contributed by atoms with Crippen LogP contribution in [0.5, 0.6) is 0 Å². The largest absolute Gasteiger partial charge is 0.512 e. The van der Waals surface area contributed by atoms with E-state index in [9.17, 15) is 14.4 Å². The van der Waals surface area contributed by atoms with Crippen molar-refractivity contribution in [1.82, 2.24) is 29.9 Å². The van der Waals surface area contributed by atoms with Gasteiger partial charge in [-0.15, -0.1) is 88.6 Å². The van der Waals surface area contributed by atoms with E-state index in [-0.39, 0.29) is 100 Å². The van der Waals surface area contributed by atoms with Crippen LogP contribution < -0.4 is 0 Å². The summed E-state index contributed by atoms with van der Waals surface area (Å²) in [6.45, 7) is 36.5. The second kappa shape index (κ2) is 39.5. The van der Waals surface area contributed by atoms with Gasteiger partial charge in [0.1, 0.15) is 0 Å². The monoisotopic (exact) mass is 2210 g/mol. The van der Waals surface area contributed by atoms with Gasteiger partial charge in [0.15, 0.2) is 17.3 Å². The molecule has 0 bridgehead atoms. The van der Waals surface area contributed by atoms with Crippen LogP contribution in [-0.4, -0.2) is 62.6 Å². The van der Waals surface area contributed by atoms with E-state index >= 15 is 0 Å². The molecule has 18 rings (SSSR count). The summed E-state index contributed by atoms with van der Waals surface area (Å²) in [5.74, 6) is -0.187. The number of carbonyl (C=O) groups excluding carboxylic acids is 3. The number of nitrogens with zero attached hydrogens (tertiary/aromatic N) is 6. The summed E-state index contributed by atoms with van der Waals surface area (Å²) in [5, 5.41) is 31.3. The third kappa shape index (κ3) is 21.6. The minimum Gasteiger partial charge on any atom is -0.512 e. The molecule has 3 N–H and O–H groups in total. The van der Waals surface area contributed by atoms with Gasteiger partial charge in [-0.1, -0.05) is 131 Å². The van der Waals surface area contributed by atoms with Crippen molar-refractivity contribution in [2.75, 3.05) is 0 Å². The van der Waals surface area contributed by atoms with Gasteiger partial charge in [0.2, 0.25) is 17.1 Å². The third-order valence-electron chi connectivity index (χ3n) is 19.5. The van der Waals surface area contributed by atoms with Gasteiger partial charge in [-0.05, 0) is 251 Å². The zero-order valence-corrected chi connectivity index (χ0v) is 80.7. The normalized spacial score (nSPS) is 11.5. The average Bonchev–Trinajstić information content (AvgIpc) is 1.62. The number of ketones is 3. The predicted molar refractivity (Wildman–Crippen MR) is 490 cm³/mol. The van der Waals surface area contributed by atoms with Crippen LogP contribution in [0.4, 0.5) is 0 Å². The standard InChI is InChI=1S/C31H27N2OS.C28H21N2OS.C27H19N2OS.3C5H8O2.3Ir/c1-17-14-20(31(4,5)6)15-18(2)28(17)27-16-25-26(35-27)13-12-24(33-25)23-9-7-8-21-22-11-10-19(3)32-30(22)34-29(21)23;1-15-12-16(2)26(17(3)13-15)25-14-23-24(32-25)11-10-22(30-23)21-7-5-6-19-20-9-8-18(4)29-28(20)31-27(19)21;1-15-11-16(2)13-18(12-15)25-14-23-24(31-25)10-9-22(29-23)21-6-4-5-19-20-8-7-17(3)28-27(20)30-26(19)21;3*1-4(6)3-5(2)7;;;/h7-8,10-16H,1-6H3;5-6,8-14H,1-4H3;4-5,7-14H,1-3H3;3*3,6H,1-2H3;;;/q3*-1;;;;;;. The molecule has 0 aliphatic rings. The van der Waals surface area contributed by atoms with Gasteiger partial charge in [-0.25, -0.2) is 15.0 Å². The molecule has 122 heavy (non-hydrogen) atoms. The Morgan fingerprint density at radius 2 is 0.648 bits per heavy atom. The van der Waals surface area contributed by atoms with Crippen molar-refractivity contribution in [3.63, 3.8) is 0 Å². The Morgan fingerprint density at radius 3 is 0.943 bits per heavy atom. The number of aliphatic hydroxyl groups excluding tert-OH is 3. The molecule has 627 valence electrons. The van der Waals surface area contributed by atoms with Crippen molar-refractivity contribution in [2.24, 2.45) is 0 Å². The van der Waals surface area contributed by atoms with Crippen molar-refractivity contribution in [3.8, 4) is 65.1 Å².